The zero-order chi connectivity index (χ0) is 10.6. The summed E-state index contributed by atoms with van der Waals surface area (Å²) >= 11 is 0. The maximum Gasteiger partial charge on any atom is 0.189 e. The third kappa shape index (κ3) is 2.27. The fourth-order valence-corrected chi connectivity index (χ4v) is 1.91. The summed E-state index contributed by atoms with van der Waals surface area (Å²) in [5.74, 6) is 2.45. The van der Waals surface area contributed by atoms with Crippen LogP contribution in [0.2, 0.25) is 0 Å². The van der Waals surface area contributed by atoms with Gasteiger partial charge in [-0.25, -0.2) is 8.42 Å². The second-order valence-electron chi connectivity index (χ2n) is 2.64. The maximum atomic E-state index is 11.4. The van der Waals surface area contributed by atoms with Crippen molar-refractivity contribution in [1.29, 1.82) is 0 Å². The van der Waals surface area contributed by atoms with Crippen LogP contribution in [0.25, 0.3) is 0 Å². The summed E-state index contributed by atoms with van der Waals surface area (Å²) in [5, 5.41) is 0. The average Bonchev–Trinajstić information content (AvgIpc) is 2.18. The Morgan fingerprint density at radius 2 is 1.93 bits per heavy atom. The minimum Gasteiger partial charge on any atom is -0.497 e. The molecular weight excluding hydrogens is 200 g/mol. The molecule has 0 aliphatic carbocycles. The van der Waals surface area contributed by atoms with E-state index < -0.39 is 9.84 Å². The monoisotopic (exact) mass is 210 g/mol. The first-order chi connectivity index (χ1) is 6.60. The van der Waals surface area contributed by atoms with Crippen LogP contribution in [0.3, 0.4) is 0 Å². The molecule has 3 nitrogen and oxygen atoms in total. The Kier molecular flexibility index (Phi) is 3.15. The van der Waals surface area contributed by atoms with Gasteiger partial charge in [0, 0.05) is 0 Å². The first kappa shape index (κ1) is 10.6. The summed E-state index contributed by atoms with van der Waals surface area (Å²) in [5.41, 5.74) is 0. The van der Waals surface area contributed by atoms with E-state index in [0.29, 0.717) is 5.75 Å². The number of benzene rings is 1. The number of hydrogen-bond acceptors (Lipinski definition) is 3. The number of terminal acetylenes is 1. The van der Waals surface area contributed by atoms with Crippen LogP contribution in [0.1, 0.15) is 0 Å². The molecule has 0 aliphatic heterocycles. The van der Waals surface area contributed by atoms with Crippen LogP contribution in [0, 0.1) is 12.3 Å². The van der Waals surface area contributed by atoms with Crippen LogP contribution in [-0.4, -0.2) is 21.3 Å². The maximum absolute atomic E-state index is 11.4. The van der Waals surface area contributed by atoms with E-state index in [2.05, 4.69) is 5.92 Å². The van der Waals surface area contributed by atoms with Gasteiger partial charge in [0.05, 0.1) is 12.0 Å². The van der Waals surface area contributed by atoms with Crippen LogP contribution < -0.4 is 4.74 Å². The van der Waals surface area contributed by atoms with Crippen molar-refractivity contribution in [3.8, 4) is 18.1 Å². The van der Waals surface area contributed by atoms with E-state index >= 15 is 0 Å². The Hall–Kier alpha value is -1.47. The molecule has 0 amide bonds. The summed E-state index contributed by atoms with van der Waals surface area (Å²) in [7, 11) is -1.81. The van der Waals surface area contributed by atoms with E-state index in [-0.39, 0.29) is 10.6 Å². The Balaban J connectivity index is 3.05. The first-order valence-electron chi connectivity index (χ1n) is 3.90. The first-order valence-corrected chi connectivity index (χ1v) is 5.55. The van der Waals surface area contributed by atoms with Gasteiger partial charge in [-0.05, 0) is 24.3 Å². The molecule has 0 atom stereocenters. The molecule has 0 unspecified atom stereocenters. The second-order valence-corrected chi connectivity index (χ2v) is 4.63. The van der Waals surface area contributed by atoms with Crippen LogP contribution in [0.15, 0.2) is 29.2 Å². The van der Waals surface area contributed by atoms with Crippen LogP contribution in [0.5, 0.6) is 5.75 Å². The molecule has 1 rings (SSSR count). The quantitative estimate of drug-likeness (QED) is 0.702. The second kappa shape index (κ2) is 4.16. The Morgan fingerprint density at radius 3 is 2.36 bits per heavy atom. The summed E-state index contributed by atoms with van der Waals surface area (Å²) in [6.45, 7) is 0. The third-order valence-corrected chi connectivity index (χ3v) is 3.23. The highest BCUT2D eigenvalue weighted by Gasteiger charge is 2.11. The standard InChI is InChI=1S/C10H10O3S/c1-3-8-14(11,12)10-6-4-9(13-2)5-7-10/h1,4-7H,8H2,2H3. The Morgan fingerprint density at radius 1 is 1.36 bits per heavy atom. The minimum atomic E-state index is -3.33. The molecule has 0 aromatic heterocycles. The molecule has 0 saturated heterocycles. The van der Waals surface area contributed by atoms with Crippen molar-refractivity contribution in [3.05, 3.63) is 24.3 Å². The van der Waals surface area contributed by atoms with Gasteiger partial charge in [-0.3, -0.25) is 0 Å². The molecule has 0 bridgehead atoms. The number of hydrogen-bond donors (Lipinski definition) is 0. The van der Waals surface area contributed by atoms with Gasteiger partial charge in [0.1, 0.15) is 11.5 Å². The largest absolute Gasteiger partial charge is 0.497 e. The summed E-state index contributed by atoms with van der Waals surface area (Å²) in [6.07, 6.45) is 4.95. The highest BCUT2D eigenvalue weighted by Crippen LogP contribution is 2.16. The number of methoxy groups -OCH3 is 1. The van der Waals surface area contributed by atoms with Gasteiger partial charge in [-0.1, -0.05) is 5.92 Å². The lowest BCUT2D eigenvalue weighted by Gasteiger charge is -2.02. The molecule has 1 aromatic carbocycles. The smallest absolute Gasteiger partial charge is 0.189 e. The van der Waals surface area contributed by atoms with E-state index in [9.17, 15) is 8.42 Å². The lowest BCUT2D eigenvalue weighted by Crippen LogP contribution is -2.04. The molecule has 0 aliphatic rings. The molecule has 1 aromatic rings. The molecule has 4 heteroatoms. The Bertz CT molecular complexity index is 437. The summed E-state index contributed by atoms with van der Waals surface area (Å²) in [6, 6.07) is 6.13. The van der Waals surface area contributed by atoms with Gasteiger partial charge in [-0.2, -0.15) is 0 Å². The van der Waals surface area contributed by atoms with Gasteiger partial charge in [-0.15, -0.1) is 6.42 Å². The van der Waals surface area contributed by atoms with Crippen molar-refractivity contribution in [2.24, 2.45) is 0 Å². The van der Waals surface area contributed by atoms with E-state index in [1.54, 1.807) is 12.1 Å². The van der Waals surface area contributed by atoms with Gasteiger partial charge >= 0.3 is 0 Å². The van der Waals surface area contributed by atoms with Gasteiger partial charge in [0.2, 0.25) is 0 Å². The van der Waals surface area contributed by atoms with Gasteiger partial charge < -0.3 is 4.74 Å². The molecule has 0 fully saturated rings. The van der Waals surface area contributed by atoms with Crippen molar-refractivity contribution in [2.75, 3.05) is 12.9 Å². The molecule has 0 saturated carbocycles. The van der Waals surface area contributed by atoms with Crippen molar-refractivity contribution >= 4 is 9.84 Å². The molecule has 0 spiro atoms. The molecule has 14 heavy (non-hydrogen) atoms. The predicted octanol–water partition coefficient (Wildman–Crippen LogP) is 1.10. The molecule has 0 N–H and O–H groups in total. The highest BCUT2D eigenvalue weighted by atomic mass is 32.2. The van der Waals surface area contributed by atoms with Crippen LogP contribution in [0.4, 0.5) is 0 Å². The van der Waals surface area contributed by atoms with Crippen molar-refractivity contribution < 1.29 is 13.2 Å². The number of ether oxygens (including phenoxy) is 1. The van der Waals surface area contributed by atoms with E-state index in [4.69, 9.17) is 11.2 Å². The fourth-order valence-electron chi connectivity index (χ4n) is 0.976. The van der Waals surface area contributed by atoms with E-state index in [0.717, 1.165) is 0 Å². The average molecular weight is 210 g/mol. The van der Waals surface area contributed by atoms with Crippen molar-refractivity contribution in [2.45, 2.75) is 4.90 Å². The molecule has 0 heterocycles. The van der Waals surface area contributed by atoms with E-state index in [1.807, 2.05) is 0 Å². The zero-order valence-electron chi connectivity index (χ0n) is 7.73. The fraction of sp³-hybridized carbons (Fsp3) is 0.200. The number of rotatable bonds is 3. The van der Waals surface area contributed by atoms with Crippen LogP contribution >= 0.6 is 0 Å². The van der Waals surface area contributed by atoms with Gasteiger partial charge in [0.15, 0.2) is 9.84 Å². The molecular formula is C10H10O3S. The van der Waals surface area contributed by atoms with E-state index in [1.165, 1.54) is 19.2 Å². The van der Waals surface area contributed by atoms with Gasteiger partial charge in [0.25, 0.3) is 0 Å². The summed E-state index contributed by atoms with van der Waals surface area (Å²) < 4.78 is 27.8. The van der Waals surface area contributed by atoms with Crippen molar-refractivity contribution in [1.82, 2.24) is 0 Å². The predicted molar refractivity (Wildman–Crippen MR) is 53.9 cm³/mol. The lowest BCUT2D eigenvalue weighted by molar-refractivity contribution is 0.414. The highest BCUT2D eigenvalue weighted by molar-refractivity contribution is 7.91. The SMILES string of the molecule is C#CCS(=O)(=O)c1ccc(OC)cc1. The summed E-state index contributed by atoms with van der Waals surface area (Å²) in [4.78, 5) is 0.219. The minimum absolute atomic E-state index is 0.219. The third-order valence-electron chi connectivity index (χ3n) is 1.69. The van der Waals surface area contributed by atoms with Crippen molar-refractivity contribution in [3.63, 3.8) is 0 Å². The molecule has 74 valence electrons. The topological polar surface area (TPSA) is 43.4 Å². The van der Waals surface area contributed by atoms with Crippen LogP contribution in [-0.2, 0) is 9.84 Å². The Labute approximate surface area is 83.6 Å². The lowest BCUT2D eigenvalue weighted by atomic mass is 10.3. The molecule has 0 radical (unpaired) electrons. The number of sulfone groups is 1. The normalized spacial score (nSPS) is 10.6. The zero-order valence-corrected chi connectivity index (χ0v) is 8.54.